The Kier molecular flexibility index (Phi) is 13.4. The zero-order valence-electron chi connectivity index (χ0n) is 33.7. The van der Waals surface area contributed by atoms with Crippen LogP contribution >= 0.6 is 11.6 Å². The fourth-order valence-corrected chi connectivity index (χ4v) is 7.93. The summed E-state index contributed by atoms with van der Waals surface area (Å²) in [6.07, 6.45) is 3.51. The van der Waals surface area contributed by atoms with Crippen LogP contribution in [0.3, 0.4) is 0 Å². The molecule has 11 nitrogen and oxygen atoms in total. The number of benzene rings is 4. The predicted molar refractivity (Wildman–Crippen MR) is 233 cm³/mol. The molecule has 2 N–H and O–H groups in total. The Morgan fingerprint density at radius 2 is 1.05 bits per heavy atom. The van der Waals surface area contributed by atoms with Crippen LogP contribution < -0.4 is 10.6 Å². The van der Waals surface area contributed by atoms with Crippen molar-refractivity contribution in [2.45, 2.75) is 60.0 Å². The van der Waals surface area contributed by atoms with Crippen molar-refractivity contribution in [3.8, 4) is 11.4 Å². The highest BCUT2D eigenvalue weighted by molar-refractivity contribution is 6.32. The molecule has 300 valence electrons. The Morgan fingerprint density at radius 3 is 1.44 bits per heavy atom. The molecule has 1 fully saturated rings. The lowest BCUT2D eigenvalue weighted by Gasteiger charge is -2.25. The second-order valence-corrected chi connectivity index (χ2v) is 15.0. The third-order valence-corrected chi connectivity index (χ3v) is 10.8. The molecular weight excluding hydrogens is 762 g/mol. The van der Waals surface area contributed by atoms with Gasteiger partial charge in [-0.15, -0.1) is 11.6 Å². The smallest absolute Gasteiger partial charge is 0.217 e. The summed E-state index contributed by atoms with van der Waals surface area (Å²) < 4.78 is 4.08. The summed E-state index contributed by atoms with van der Waals surface area (Å²) in [5.41, 5.74) is 9.64. The first kappa shape index (κ1) is 42.1. The quantitative estimate of drug-likeness (QED) is 0.0770. The molecule has 6 aromatic rings. The molecule has 12 heteroatoms. The highest BCUT2D eigenvalue weighted by atomic mass is 35.5. The number of Topliss-reactive ketones (excluding diaryl/α,β-unsaturated/α-hetero) is 2. The van der Waals surface area contributed by atoms with E-state index in [4.69, 9.17) is 24.7 Å². The normalized spacial score (nSPS) is 12.6. The molecule has 0 spiro atoms. The summed E-state index contributed by atoms with van der Waals surface area (Å²) >= 11 is 5.85. The van der Waals surface area contributed by atoms with Crippen LogP contribution in [0.2, 0.25) is 0 Å². The fraction of sp³-hybridized carbons (Fsp3) is 0.277. The number of nitrogens with one attached hydrogen (secondary N) is 2. The van der Waals surface area contributed by atoms with Crippen molar-refractivity contribution in [1.82, 2.24) is 24.7 Å². The molecule has 0 bridgehead atoms. The molecule has 0 radical (unpaired) electrons. The van der Waals surface area contributed by atoms with E-state index in [2.05, 4.69) is 29.8 Å². The number of nitrogens with zero attached hydrogens (tertiary/aromatic N) is 5. The van der Waals surface area contributed by atoms with Crippen LogP contribution in [0.1, 0.15) is 76.3 Å². The molecule has 0 aliphatic carbocycles. The van der Waals surface area contributed by atoms with Gasteiger partial charge in [0.2, 0.25) is 11.8 Å². The van der Waals surface area contributed by atoms with Gasteiger partial charge in [-0.3, -0.25) is 24.1 Å². The zero-order chi connectivity index (χ0) is 42.2. The van der Waals surface area contributed by atoms with Crippen LogP contribution in [-0.2, 0) is 22.7 Å². The van der Waals surface area contributed by atoms with Crippen LogP contribution in [-0.4, -0.2) is 62.9 Å². The Hall–Kier alpha value is -6.53. The van der Waals surface area contributed by atoms with E-state index in [-0.39, 0.29) is 29.3 Å². The van der Waals surface area contributed by atoms with Crippen molar-refractivity contribution in [2.24, 2.45) is 0 Å². The van der Waals surface area contributed by atoms with Crippen molar-refractivity contribution in [3.05, 3.63) is 141 Å². The molecular formula is C47H46ClN7O4. The first-order valence-electron chi connectivity index (χ1n) is 19.5. The van der Waals surface area contributed by atoms with Gasteiger partial charge < -0.3 is 19.8 Å². The maximum Gasteiger partial charge on any atom is 0.217 e. The number of hydrogen-bond acceptors (Lipinski definition) is 5. The van der Waals surface area contributed by atoms with E-state index >= 15 is 0 Å². The van der Waals surface area contributed by atoms with E-state index in [9.17, 15) is 19.2 Å². The van der Waals surface area contributed by atoms with Gasteiger partial charge in [0.05, 0.1) is 36.6 Å². The zero-order valence-corrected chi connectivity index (χ0v) is 34.4. The molecule has 2 aromatic heterocycles. The van der Waals surface area contributed by atoms with Gasteiger partial charge in [-0.2, -0.15) is 0 Å². The first-order valence-corrected chi connectivity index (χ1v) is 20.0. The SMILES string of the molecule is [C-]#[N+]c1ccc(-n2c(C)c(C(=O)CCl)c3cc(CNC(C)=O)ccc32)cc1.[C-]#[N+]c1ccc(-n2c(C)c(C(=O)CN3CCCCC3)c3cc(CNC(C)=O)ccc32)cc1. The number of amides is 2. The van der Waals surface area contributed by atoms with Crippen molar-refractivity contribution < 1.29 is 19.2 Å². The van der Waals surface area contributed by atoms with Crippen molar-refractivity contribution >= 4 is 68.2 Å². The average Bonchev–Trinajstić information content (AvgIpc) is 3.71. The molecule has 4 aromatic carbocycles. The van der Waals surface area contributed by atoms with Gasteiger partial charge in [0.25, 0.3) is 0 Å². The number of alkyl halides is 1. The lowest BCUT2D eigenvalue weighted by atomic mass is 10.0. The summed E-state index contributed by atoms with van der Waals surface area (Å²) in [5.74, 6) is -0.317. The fourth-order valence-electron chi connectivity index (χ4n) is 7.79. The second kappa shape index (κ2) is 18.8. The van der Waals surface area contributed by atoms with E-state index in [1.165, 1.54) is 20.3 Å². The van der Waals surface area contributed by atoms with E-state index in [0.29, 0.717) is 36.6 Å². The van der Waals surface area contributed by atoms with Crippen molar-refractivity contribution in [3.63, 3.8) is 0 Å². The number of carbonyl (C=O) groups excluding carboxylic acids is 4. The lowest BCUT2D eigenvalue weighted by Crippen LogP contribution is -2.34. The highest BCUT2D eigenvalue weighted by Crippen LogP contribution is 2.33. The van der Waals surface area contributed by atoms with E-state index < -0.39 is 0 Å². The third kappa shape index (κ3) is 9.45. The third-order valence-electron chi connectivity index (χ3n) is 10.6. The summed E-state index contributed by atoms with van der Waals surface area (Å²) in [5, 5.41) is 7.32. The molecule has 0 atom stereocenters. The Morgan fingerprint density at radius 1 is 0.627 bits per heavy atom. The van der Waals surface area contributed by atoms with Crippen LogP contribution in [0, 0.1) is 27.0 Å². The number of halogens is 1. The Labute approximate surface area is 349 Å². The minimum atomic E-state index is -0.146. The largest absolute Gasteiger partial charge is 0.352 e. The van der Waals surface area contributed by atoms with Crippen LogP contribution in [0.5, 0.6) is 0 Å². The number of fused-ring (bicyclic) bond motifs is 2. The summed E-state index contributed by atoms with van der Waals surface area (Å²) in [7, 11) is 0. The second-order valence-electron chi connectivity index (χ2n) is 14.7. The minimum Gasteiger partial charge on any atom is -0.352 e. The molecule has 7 rings (SSSR count). The molecule has 59 heavy (non-hydrogen) atoms. The average molecular weight is 808 g/mol. The van der Waals surface area contributed by atoms with Gasteiger partial charge in [-0.1, -0.05) is 42.8 Å². The van der Waals surface area contributed by atoms with Crippen molar-refractivity contribution in [2.75, 3.05) is 25.5 Å². The first-order chi connectivity index (χ1) is 28.4. The minimum absolute atomic E-state index is 0.0832. The molecule has 0 saturated carbocycles. The Balaban J connectivity index is 0.000000201. The lowest BCUT2D eigenvalue weighted by molar-refractivity contribution is -0.120. The Bertz CT molecular complexity index is 2640. The topological polar surface area (TPSA) is 114 Å². The molecule has 1 aliphatic heterocycles. The van der Waals surface area contributed by atoms with Gasteiger partial charge in [-0.25, -0.2) is 9.69 Å². The number of piperidine rings is 1. The van der Waals surface area contributed by atoms with Gasteiger partial charge in [-0.05, 0) is 99.4 Å². The van der Waals surface area contributed by atoms with Crippen LogP contribution in [0.15, 0.2) is 84.9 Å². The number of hydrogen-bond donors (Lipinski definition) is 2. The summed E-state index contributed by atoms with van der Waals surface area (Å²) in [6, 6.07) is 26.5. The molecule has 2 amide bonds. The monoisotopic (exact) mass is 807 g/mol. The number of likely N-dealkylation sites (tertiary alicyclic amines) is 1. The summed E-state index contributed by atoms with van der Waals surface area (Å²) in [4.78, 5) is 57.7. The maximum absolute atomic E-state index is 13.5. The van der Waals surface area contributed by atoms with Crippen LogP contribution in [0.4, 0.5) is 11.4 Å². The predicted octanol–water partition coefficient (Wildman–Crippen LogP) is 9.34. The molecule has 0 unspecified atom stereocenters. The number of aromatic nitrogens is 2. The van der Waals surface area contributed by atoms with Gasteiger partial charge in [0.15, 0.2) is 22.9 Å². The highest BCUT2D eigenvalue weighted by Gasteiger charge is 2.24. The number of carbonyl (C=O) groups is 4. The number of ketones is 2. The molecule has 1 saturated heterocycles. The van der Waals surface area contributed by atoms with E-state index in [1.54, 1.807) is 24.3 Å². The van der Waals surface area contributed by atoms with E-state index in [1.807, 2.05) is 79.1 Å². The van der Waals surface area contributed by atoms with Gasteiger partial charge >= 0.3 is 0 Å². The standard InChI is InChI=1S/C26H28N4O2.C21H18ClN3O2/c1-18-26(25(32)17-29-13-5-4-6-14-29)23-15-20(16-28-19(2)31)7-12-24(23)30(18)22-10-8-21(27-3)9-11-22;1-13-21(20(27)11-22)18-10-15(12-24-14(2)26)4-9-19(18)25(13)17-7-5-16(23-3)6-8-17/h7-12,15H,4-6,13-14,16-17H2,1-2H3,(H,28,31);4-10H,11-12H2,1-2H3,(H,24,26). The number of rotatable bonds is 11. The summed E-state index contributed by atoms with van der Waals surface area (Å²) in [6.45, 7) is 24.3. The maximum atomic E-state index is 13.5. The molecule has 3 heterocycles. The van der Waals surface area contributed by atoms with E-state index in [0.717, 1.165) is 87.2 Å². The van der Waals surface area contributed by atoms with Crippen molar-refractivity contribution in [1.29, 1.82) is 0 Å². The van der Waals surface area contributed by atoms with Gasteiger partial charge in [0, 0.05) is 71.6 Å². The molecule has 1 aliphatic rings. The van der Waals surface area contributed by atoms with Crippen LogP contribution in [0.25, 0.3) is 42.9 Å². The van der Waals surface area contributed by atoms with Gasteiger partial charge in [0.1, 0.15) is 0 Å².